The van der Waals surface area contributed by atoms with Crippen molar-refractivity contribution in [3.63, 3.8) is 0 Å². The van der Waals surface area contributed by atoms with E-state index in [2.05, 4.69) is 25.3 Å². The Balaban J connectivity index is 1.33. The summed E-state index contributed by atoms with van der Waals surface area (Å²) in [6, 6.07) is 11.6. The number of carbonyl (C=O) groups excluding carboxylic acids is 2. The third-order valence-electron chi connectivity index (χ3n) is 5.11. The fraction of sp³-hybridized carbons (Fsp3) is 0.280. The number of rotatable bonds is 11. The van der Waals surface area contributed by atoms with E-state index in [4.69, 9.17) is 4.74 Å². The molecule has 0 unspecified atom stereocenters. The summed E-state index contributed by atoms with van der Waals surface area (Å²) in [4.78, 5) is 33.3. The fourth-order valence-corrected chi connectivity index (χ4v) is 4.12. The van der Waals surface area contributed by atoms with Gasteiger partial charge in [-0.25, -0.2) is 9.97 Å². The van der Waals surface area contributed by atoms with Crippen LogP contribution in [-0.2, 0) is 15.3 Å². The van der Waals surface area contributed by atoms with E-state index >= 15 is 0 Å². The lowest BCUT2D eigenvalue weighted by molar-refractivity contribution is -0.274. The molecule has 1 saturated carbocycles. The number of halogens is 3. The number of aromatic nitrogens is 2. The number of anilines is 2. The molecule has 0 atom stereocenters. The Morgan fingerprint density at radius 1 is 1.03 bits per heavy atom. The minimum atomic E-state index is -4.79. The van der Waals surface area contributed by atoms with Gasteiger partial charge in [-0.05, 0) is 72.9 Å². The number of thioether (sulfide) groups is 1. The van der Waals surface area contributed by atoms with Gasteiger partial charge in [0.25, 0.3) is 11.8 Å². The average molecular weight is 533 g/mol. The highest BCUT2D eigenvalue weighted by Gasteiger charge is 2.31. The number of nitrogens with one attached hydrogen (secondary N) is 2. The van der Waals surface area contributed by atoms with Gasteiger partial charge in [-0.1, -0.05) is 0 Å². The summed E-state index contributed by atoms with van der Waals surface area (Å²) in [5, 5.41) is 5.82. The SMILES string of the molecule is O=C(COCC1CC1)Nc1cc(CSc2ncccc2C(=O)Nc2ccc(OC(F)(F)F)cc2)ccn1. The smallest absolute Gasteiger partial charge is 0.406 e. The van der Waals surface area contributed by atoms with Crippen LogP contribution in [0.15, 0.2) is 66.0 Å². The van der Waals surface area contributed by atoms with Crippen LogP contribution in [0.5, 0.6) is 5.75 Å². The Bertz CT molecular complexity index is 1240. The van der Waals surface area contributed by atoms with Crippen LogP contribution in [0.25, 0.3) is 0 Å². The first kappa shape index (κ1) is 26.4. The molecule has 0 bridgehead atoms. The molecule has 1 aromatic carbocycles. The van der Waals surface area contributed by atoms with Crippen molar-refractivity contribution in [3.05, 3.63) is 72.1 Å². The molecule has 12 heteroatoms. The van der Waals surface area contributed by atoms with E-state index in [1.807, 2.05) is 0 Å². The number of alkyl halides is 3. The predicted molar refractivity (Wildman–Crippen MR) is 131 cm³/mol. The van der Waals surface area contributed by atoms with Crippen molar-refractivity contribution in [1.29, 1.82) is 0 Å². The molecule has 3 aromatic rings. The summed E-state index contributed by atoms with van der Waals surface area (Å²) < 4.78 is 46.2. The molecular formula is C25H23F3N4O4S. The van der Waals surface area contributed by atoms with Crippen LogP contribution in [0, 0.1) is 5.92 Å². The molecule has 0 aliphatic heterocycles. The molecule has 4 rings (SSSR count). The van der Waals surface area contributed by atoms with Crippen LogP contribution in [-0.4, -0.2) is 41.4 Å². The van der Waals surface area contributed by atoms with Gasteiger partial charge in [0, 0.05) is 23.8 Å². The van der Waals surface area contributed by atoms with Crippen LogP contribution >= 0.6 is 11.8 Å². The van der Waals surface area contributed by atoms with Gasteiger partial charge in [0.05, 0.1) is 12.2 Å². The number of benzene rings is 1. The van der Waals surface area contributed by atoms with Crippen molar-refractivity contribution in [2.24, 2.45) is 5.92 Å². The summed E-state index contributed by atoms with van der Waals surface area (Å²) in [7, 11) is 0. The molecule has 37 heavy (non-hydrogen) atoms. The normalized spacial score (nSPS) is 13.2. The lowest BCUT2D eigenvalue weighted by Crippen LogP contribution is -2.19. The second-order valence-electron chi connectivity index (χ2n) is 8.23. The largest absolute Gasteiger partial charge is 0.573 e. The van der Waals surface area contributed by atoms with Crippen LogP contribution in [0.1, 0.15) is 28.8 Å². The van der Waals surface area contributed by atoms with Crippen LogP contribution in [0.3, 0.4) is 0 Å². The van der Waals surface area contributed by atoms with Gasteiger partial charge in [-0.2, -0.15) is 0 Å². The van der Waals surface area contributed by atoms with E-state index in [0.29, 0.717) is 40.4 Å². The average Bonchev–Trinajstić information content (AvgIpc) is 3.68. The molecule has 1 aliphatic rings. The highest BCUT2D eigenvalue weighted by Crippen LogP contribution is 2.29. The zero-order chi connectivity index (χ0) is 26.3. The van der Waals surface area contributed by atoms with Crippen molar-refractivity contribution >= 4 is 35.1 Å². The van der Waals surface area contributed by atoms with Crippen molar-refractivity contribution in [2.45, 2.75) is 30.0 Å². The minimum absolute atomic E-state index is 0.0261. The number of amides is 2. The quantitative estimate of drug-likeness (QED) is 0.324. The van der Waals surface area contributed by atoms with Crippen molar-refractivity contribution in [3.8, 4) is 5.75 Å². The molecule has 8 nitrogen and oxygen atoms in total. The maximum atomic E-state index is 12.8. The third-order valence-corrected chi connectivity index (χ3v) is 6.19. The highest BCUT2D eigenvalue weighted by atomic mass is 32.2. The van der Waals surface area contributed by atoms with Crippen LogP contribution < -0.4 is 15.4 Å². The van der Waals surface area contributed by atoms with Crippen molar-refractivity contribution in [2.75, 3.05) is 23.8 Å². The first-order valence-corrected chi connectivity index (χ1v) is 12.3. The van der Waals surface area contributed by atoms with Crippen LogP contribution in [0.4, 0.5) is 24.7 Å². The number of carbonyl (C=O) groups is 2. The maximum absolute atomic E-state index is 12.8. The van der Waals surface area contributed by atoms with Gasteiger partial charge in [0.1, 0.15) is 23.2 Å². The first-order chi connectivity index (χ1) is 17.7. The van der Waals surface area contributed by atoms with E-state index in [-0.39, 0.29) is 18.3 Å². The van der Waals surface area contributed by atoms with Crippen molar-refractivity contribution < 1.29 is 32.2 Å². The summed E-state index contributed by atoms with van der Waals surface area (Å²) in [5.74, 6) is 0.290. The number of ether oxygens (including phenoxy) is 2. The molecule has 2 N–H and O–H groups in total. The van der Waals surface area contributed by atoms with E-state index < -0.39 is 12.3 Å². The van der Waals surface area contributed by atoms with E-state index in [1.165, 1.54) is 23.9 Å². The monoisotopic (exact) mass is 532 g/mol. The molecule has 2 amide bonds. The number of hydrogen-bond donors (Lipinski definition) is 2. The van der Waals surface area contributed by atoms with Gasteiger partial charge in [0.2, 0.25) is 0 Å². The Hall–Kier alpha value is -3.64. The second-order valence-corrected chi connectivity index (χ2v) is 9.19. The van der Waals surface area contributed by atoms with Crippen molar-refractivity contribution in [1.82, 2.24) is 9.97 Å². The minimum Gasteiger partial charge on any atom is -0.406 e. The van der Waals surface area contributed by atoms with Gasteiger partial charge >= 0.3 is 6.36 Å². The van der Waals surface area contributed by atoms with E-state index in [9.17, 15) is 22.8 Å². The Labute approximate surface area is 215 Å². The summed E-state index contributed by atoms with van der Waals surface area (Å²) in [6.07, 6.45) is 0.640. The lowest BCUT2D eigenvalue weighted by atomic mass is 10.2. The van der Waals surface area contributed by atoms with E-state index in [0.717, 1.165) is 30.5 Å². The summed E-state index contributed by atoms with van der Waals surface area (Å²) >= 11 is 1.32. The first-order valence-electron chi connectivity index (χ1n) is 11.3. The number of pyridine rings is 2. The molecule has 194 valence electrons. The lowest BCUT2D eigenvalue weighted by Gasteiger charge is -2.11. The Morgan fingerprint density at radius 3 is 2.54 bits per heavy atom. The van der Waals surface area contributed by atoms with Gasteiger partial charge in [-0.3, -0.25) is 9.59 Å². The number of nitrogens with zero attached hydrogens (tertiary/aromatic N) is 2. The number of hydrogen-bond acceptors (Lipinski definition) is 7. The van der Waals surface area contributed by atoms with Crippen LogP contribution in [0.2, 0.25) is 0 Å². The summed E-state index contributed by atoms with van der Waals surface area (Å²) in [6.45, 7) is 0.566. The third kappa shape index (κ3) is 8.76. The predicted octanol–water partition coefficient (Wildman–Crippen LogP) is 5.28. The van der Waals surface area contributed by atoms with Gasteiger partial charge in [-0.15, -0.1) is 24.9 Å². The van der Waals surface area contributed by atoms with E-state index in [1.54, 1.807) is 36.7 Å². The molecular weight excluding hydrogens is 509 g/mol. The molecule has 1 fully saturated rings. The zero-order valence-electron chi connectivity index (χ0n) is 19.5. The second kappa shape index (κ2) is 12.1. The Morgan fingerprint density at radius 2 is 1.81 bits per heavy atom. The fourth-order valence-electron chi connectivity index (χ4n) is 3.18. The topological polar surface area (TPSA) is 102 Å². The van der Waals surface area contributed by atoms with Gasteiger partial charge < -0.3 is 20.1 Å². The molecule has 2 heterocycles. The molecule has 0 spiro atoms. The maximum Gasteiger partial charge on any atom is 0.573 e. The molecule has 1 aliphatic carbocycles. The molecule has 0 radical (unpaired) electrons. The van der Waals surface area contributed by atoms with Gasteiger partial charge in [0.15, 0.2) is 0 Å². The molecule has 0 saturated heterocycles. The summed E-state index contributed by atoms with van der Waals surface area (Å²) in [5.41, 5.74) is 1.46. The highest BCUT2D eigenvalue weighted by molar-refractivity contribution is 7.98. The standard InChI is InChI=1S/C25H23F3N4O4S/c26-25(27,28)36-19-7-5-18(6-8-19)31-23(34)20-2-1-10-30-24(20)37-15-17-9-11-29-21(12-17)32-22(33)14-35-13-16-3-4-16/h1-2,5-12,16H,3-4,13-15H2,(H,31,34)(H,29,32,33). The Kier molecular flexibility index (Phi) is 8.62. The molecule has 2 aromatic heterocycles. The zero-order valence-corrected chi connectivity index (χ0v) is 20.3.